The van der Waals surface area contributed by atoms with Gasteiger partial charge in [0.05, 0.1) is 5.60 Å². The first-order chi connectivity index (χ1) is 8.22. The summed E-state index contributed by atoms with van der Waals surface area (Å²) in [7, 11) is 0. The highest BCUT2D eigenvalue weighted by Crippen LogP contribution is 2.07. The van der Waals surface area contributed by atoms with Gasteiger partial charge >= 0.3 is 5.97 Å². The Balaban J connectivity index is 3.49. The summed E-state index contributed by atoms with van der Waals surface area (Å²) in [6, 6.07) is -0.803. The molecule has 6 nitrogen and oxygen atoms in total. The van der Waals surface area contributed by atoms with Gasteiger partial charge in [-0.05, 0) is 33.6 Å². The third-order valence-electron chi connectivity index (χ3n) is 2.21. The van der Waals surface area contributed by atoms with Crippen LogP contribution in [0.1, 0.15) is 52.9 Å². The SMILES string of the molecule is CC(C)(C)ONC(=O)CCCCCC(N)C(=O)O. The van der Waals surface area contributed by atoms with Crippen LogP contribution in [0.2, 0.25) is 0 Å². The summed E-state index contributed by atoms with van der Waals surface area (Å²) in [6.07, 6.45) is 3.00. The zero-order valence-corrected chi connectivity index (χ0v) is 11.4. The van der Waals surface area contributed by atoms with Gasteiger partial charge < -0.3 is 10.8 Å². The molecule has 0 saturated carbocycles. The lowest BCUT2D eigenvalue weighted by Gasteiger charge is -2.18. The van der Waals surface area contributed by atoms with E-state index in [0.29, 0.717) is 25.7 Å². The number of hydroxylamine groups is 1. The van der Waals surface area contributed by atoms with Crippen molar-refractivity contribution in [2.45, 2.75) is 64.5 Å². The summed E-state index contributed by atoms with van der Waals surface area (Å²) in [5, 5.41) is 8.57. The van der Waals surface area contributed by atoms with Crippen LogP contribution in [0.4, 0.5) is 0 Å². The molecule has 0 aliphatic rings. The molecule has 1 amide bonds. The van der Waals surface area contributed by atoms with Gasteiger partial charge in [0.1, 0.15) is 6.04 Å². The number of unbranched alkanes of at least 4 members (excludes halogenated alkanes) is 2. The second kappa shape index (κ2) is 8.05. The predicted octanol–water partition coefficient (Wildman–Crippen LogP) is 1.20. The first-order valence-corrected chi connectivity index (χ1v) is 6.17. The molecular formula is C12H24N2O4. The van der Waals surface area contributed by atoms with E-state index in [2.05, 4.69) is 5.48 Å². The standard InChI is InChI=1S/C12H24N2O4/c1-12(2,3)18-14-10(15)8-6-4-5-7-9(13)11(16)17/h9H,4-8,13H2,1-3H3,(H,14,15)(H,16,17). The van der Waals surface area contributed by atoms with Gasteiger partial charge in [-0.15, -0.1) is 0 Å². The molecule has 0 fully saturated rings. The molecule has 0 saturated heterocycles. The maximum Gasteiger partial charge on any atom is 0.320 e. The van der Waals surface area contributed by atoms with Crippen molar-refractivity contribution in [3.8, 4) is 0 Å². The van der Waals surface area contributed by atoms with E-state index in [4.69, 9.17) is 15.7 Å². The summed E-state index contributed by atoms with van der Waals surface area (Å²) in [4.78, 5) is 26.9. The summed E-state index contributed by atoms with van der Waals surface area (Å²) in [5.74, 6) is -1.14. The lowest BCUT2D eigenvalue weighted by Crippen LogP contribution is -2.33. The summed E-state index contributed by atoms with van der Waals surface area (Å²) >= 11 is 0. The maximum atomic E-state index is 11.3. The number of rotatable bonds is 8. The molecule has 1 atom stereocenters. The Bertz CT molecular complexity index is 274. The third-order valence-corrected chi connectivity index (χ3v) is 2.21. The highest BCUT2D eigenvalue weighted by atomic mass is 16.7. The van der Waals surface area contributed by atoms with Gasteiger partial charge in [0.2, 0.25) is 5.91 Å². The van der Waals surface area contributed by atoms with Crippen molar-refractivity contribution in [2.75, 3.05) is 0 Å². The monoisotopic (exact) mass is 260 g/mol. The van der Waals surface area contributed by atoms with Gasteiger partial charge in [-0.25, -0.2) is 5.48 Å². The average molecular weight is 260 g/mol. The van der Waals surface area contributed by atoms with E-state index in [1.165, 1.54) is 0 Å². The minimum absolute atomic E-state index is 0.160. The number of carbonyl (C=O) groups is 2. The Morgan fingerprint density at radius 1 is 1.28 bits per heavy atom. The van der Waals surface area contributed by atoms with Crippen molar-refractivity contribution >= 4 is 11.9 Å². The lowest BCUT2D eigenvalue weighted by molar-refractivity contribution is -0.145. The highest BCUT2D eigenvalue weighted by molar-refractivity contribution is 5.74. The van der Waals surface area contributed by atoms with Crippen LogP contribution < -0.4 is 11.2 Å². The molecular weight excluding hydrogens is 236 g/mol. The molecule has 4 N–H and O–H groups in total. The van der Waals surface area contributed by atoms with E-state index in [0.717, 1.165) is 6.42 Å². The molecule has 0 radical (unpaired) electrons. The highest BCUT2D eigenvalue weighted by Gasteiger charge is 2.13. The van der Waals surface area contributed by atoms with Crippen LogP contribution in [0.15, 0.2) is 0 Å². The van der Waals surface area contributed by atoms with Gasteiger partial charge in [0.15, 0.2) is 0 Å². The van der Waals surface area contributed by atoms with E-state index in [1.807, 2.05) is 20.8 Å². The second-order valence-electron chi connectivity index (χ2n) is 5.28. The molecule has 1 unspecified atom stereocenters. The minimum atomic E-state index is -0.980. The second-order valence-corrected chi connectivity index (χ2v) is 5.28. The smallest absolute Gasteiger partial charge is 0.320 e. The zero-order chi connectivity index (χ0) is 14.2. The lowest BCUT2D eigenvalue weighted by atomic mass is 10.1. The summed E-state index contributed by atoms with van der Waals surface area (Å²) < 4.78 is 0. The van der Waals surface area contributed by atoms with E-state index in [-0.39, 0.29) is 5.91 Å². The van der Waals surface area contributed by atoms with Crippen molar-refractivity contribution in [1.29, 1.82) is 0 Å². The van der Waals surface area contributed by atoms with Gasteiger partial charge in [0.25, 0.3) is 0 Å². The van der Waals surface area contributed by atoms with E-state index < -0.39 is 17.6 Å². The first kappa shape index (κ1) is 16.9. The van der Waals surface area contributed by atoms with Gasteiger partial charge in [-0.1, -0.05) is 12.8 Å². The maximum absolute atomic E-state index is 11.3. The van der Waals surface area contributed by atoms with Crippen LogP contribution in [0.25, 0.3) is 0 Å². The Labute approximate surface area is 108 Å². The van der Waals surface area contributed by atoms with Gasteiger partial charge in [0, 0.05) is 6.42 Å². The number of nitrogens with two attached hydrogens (primary N) is 1. The molecule has 0 aliphatic carbocycles. The fourth-order valence-corrected chi connectivity index (χ4v) is 1.21. The molecule has 0 heterocycles. The summed E-state index contributed by atoms with van der Waals surface area (Å²) in [5.41, 5.74) is 7.34. The normalized spacial score (nSPS) is 13.1. The van der Waals surface area contributed by atoms with Crippen molar-refractivity contribution in [3.05, 3.63) is 0 Å². The summed E-state index contributed by atoms with van der Waals surface area (Å²) in [6.45, 7) is 5.54. The molecule has 0 aromatic carbocycles. The predicted molar refractivity (Wildman–Crippen MR) is 67.7 cm³/mol. The van der Waals surface area contributed by atoms with Gasteiger partial charge in [-0.3, -0.25) is 14.4 Å². The Morgan fingerprint density at radius 2 is 1.89 bits per heavy atom. The molecule has 0 aliphatic heterocycles. The molecule has 106 valence electrons. The Morgan fingerprint density at radius 3 is 2.39 bits per heavy atom. The number of amides is 1. The molecule has 6 heteroatoms. The number of carbonyl (C=O) groups excluding carboxylic acids is 1. The van der Waals surface area contributed by atoms with Crippen molar-refractivity contribution in [1.82, 2.24) is 5.48 Å². The van der Waals surface area contributed by atoms with Crippen LogP contribution in [0.5, 0.6) is 0 Å². The zero-order valence-electron chi connectivity index (χ0n) is 11.4. The molecule has 0 spiro atoms. The fourth-order valence-electron chi connectivity index (χ4n) is 1.21. The molecule has 18 heavy (non-hydrogen) atoms. The van der Waals surface area contributed by atoms with E-state index in [9.17, 15) is 9.59 Å². The quantitative estimate of drug-likeness (QED) is 0.449. The van der Waals surface area contributed by atoms with E-state index >= 15 is 0 Å². The Kier molecular flexibility index (Phi) is 7.54. The topological polar surface area (TPSA) is 102 Å². The first-order valence-electron chi connectivity index (χ1n) is 6.17. The average Bonchev–Trinajstić information content (AvgIpc) is 2.24. The van der Waals surface area contributed by atoms with Crippen LogP contribution in [0.3, 0.4) is 0 Å². The van der Waals surface area contributed by atoms with Crippen LogP contribution in [-0.4, -0.2) is 28.6 Å². The van der Waals surface area contributed by atoms with Crippen LogP contribution in [0, 0.1) is 0 Å². The number of aliphatic carboxylic acids is 1. The van der Waals surface area contributed by atoms with Crippen LogP contribution >= 0.6 is 0 Å². The number of hydrogen-bond acceptors (Lipinski definition) is 4. The number of hydrogen-bond donors (Lipinski definition) is 3. The molecule has 0 aromatic rings. The molecule has 0 aromatic heterocycles. The fraction of sp³-hybridized carbons (Fsp3) is 0.833. The van der Waals surface area contributed by atoms with E-state index in [1.54, 1.807) is 0 Å². The minimum Gasteiger partial charge on any atom is -0.480 e. The number of carboxylic acids is 1. The Hall–Kier alpha value is -1.14. The van der Waals surface area contributed by atoms with Gasteiger partial charge in [-0.2, -0.15) is 0 Å². The number of nitrogens with one attached hydrogen (secondary N) is 1. The van der Waals surface area contributed by atoms with Crippen molar-refractivity contribution in [2.24, 2.45) is 5.73 Å². The molecule has 0 bridgehead atoms. The van der Waals surface area contributed by atoms with Crippen molar-refractivity contribution in [3.63, 3.8) is 0 Å². The number of carboxylic acid groups (broad SMARTS) is 1. The largest absolute Gasteiger partial charge is 0.480 e. The third kappa shape index (κ3) is 10.0. The van der Waals surface area contributed by atoms with Crippen LogP contribution in [-0.2, 0) is 14.4 Å². The molecule has 0 rings (SSSR count). The van der Waals surface area contributed by atoms with Crippen molar-refractivity contribution < 1.29 is 19.5 Å².